The smallest absolute Gasteiger partial charge is 0.0408 e. The summed E-state index contributed by atoms with van der Waals surface area (Å²) in [5, 5.41) is 4.14. The summed E-state index contributed by atoms with van der Waals surface area (Å²) in [5.41, 5.74) is 3.72. The van der Waals surface area contributed by atoms with Crippen molar-refractivity contribution in [3.8, 4) is 0 Å². The van der Waals surface area contributed by atoms with Gasteiger partial charge in [0.2, 0.25) is 0 Å². The fourth-order valence-corrected chi connectivity index (χ4v) is 2.38. The van der Waals surface area contributed by atoms with Crippen LogP contribution in [0.3, 0.4) is 0 Å². The summed E-state index contributed by atoms with van der Waals surface area (Å²) in [5.74, 6) is 0. The lowest BCUT2D eigenvalue weighted by Crippen LogP contribution is -2.19. The highest BCUT2D eigenvalue weighted by atomic mass is 35.5. The van der Waals surface area contributed by atoms with E-state index in [1.165, 1.54) is 16.7 Å². The van der Waals surface area contributed by atoms with Crippen molar-refractivity contribution in [2.45, 2.75) is 19.4 Å². The van der Waals surface area contributed by atoms with Crippen molar-refractivity contribution in [2.24, 2.45) is 0 Å². The topological polar surface area (TPSA) is 24.9 Å². The molecule has 1 unspecified atom stereocenters. The number of benzene rings is 1. The second-order valence-electron chi connectivity index (χ2n) is 4.41. The van der Waals surface area contributed by atoms with Crippen molar-refractivity contribution in [1.29, 1.82) is 0 Å². The van der Waals surface area contributed by atoms with Crippen LogP contribution in [-0.2, 0) is 6.42 Å². The molecule has 0 spiro atoms. The van der Waals surface area contributed by atoms with E-state index in [1.54, 1.807) is 6.20 Å². The summed E-state index contributed by atoms with van der Waals surface area (Å²) in [4.78, 5) is 4.15. The Hall–Kier alpha value is -1.38. The van der Waals surface area contributed by atoms with Crippen LogP contribution in [0.5, 0.6) is 0 Å². The van der Waals surface area contributed by atoms with Crippen LogP contribution in [-0.4, -0.2) is 12.0 Å². The van der Waals surface area contributed by atoms with E-state index in [9.17, 15) is 0 Å². The molecule has 1 heterocycles. The third kappa shape index (κ3) is 3.09. The normalized spacial score (nSPS) is 12.4. The SMILES string of the molecule is CNC(Cc1cccnc1)c1ccc(Cl)cc1C. The molecule has 2 nitrogen and oxygen atoms in total. The first-order valence-corrected chi connectivity index (χ1v) is 6.40. The first kappa shape index (κ1) is 13.1. The van der Waals surface area contributed by atoms with E-state index in [1.807, 2.05) is 31.4 Å². The highest BCUT2D eigenvalue weighted by Gasteiger charge is 2.12. The Morgan fingerprint density at radius 2 is 2.17 bits per heavy atom. The van der Waals surface area contributed by atoms with E-state index in [0.717, 1.165) is 11.4 Å². The van der Waals surface area contributed by atoms with Gasteiger partial charge < -0.3 is 5.32 Å². The van der Waals surface area contributed by atoms with Gasteiger partial charge in [0.1, 0.15) is 0 Å². The Morgan fingerprint density at radius 3 is 2.78 bits per heavy atom. The molecule has 1 N–H and O–H groups in total. The lowest BCUT2D eigenvalue weighted by Gasteiger charge is -2.19. The van der Waals surface area contributed by atoms with Crippen molar-refractivity contribution in [3.05, 3.63) is 64.4 Å². The van der Waals surface area contributed by atoms with Crippen LogP contribution in [0.4, 0.5) is 0 Å². The largest absolute Gasteiger partial charge is 0.313 e. The molecule has 0 radical (unpaired) electrons. The Morgan fingerprint density at radius 1 is 1.33 bits per heavy atom. The van der Waals surface area contributed by atoms with Crippen LogP contribution in [0.2, 0.25) is 5.02 Å². The molecule has 0 aliphatic carbocycles. The zero-order valence-corrected chi connectivity index (χ0v) is 11.4. The van der Waals surface area contributed by atoms with Crippen molar-refractivity contribution in [2.75, 3.05) is 7.05 Å². The van der Waals surface area contributed by atoms with Crippen LogP contribution in [0.15, 0.2) is 42.7 Å². The maximum Gasteiger partial charge on any atom is 0.0408 e. The molecule has 0 aliphatic heterocycles. The number of nitrogens with one attached hydrogen (secondary N) is 1. The third-order valence-corrected chi connectivity index (χ3v) is 3.35. The number of rotatable bonds is 4. The second-order valence-corrected chi connectivity index (χ2v) is 4.84. The lowest BCUT2D eigenvalue weighted by atomic mass is 9.96. The molecule has 94 valence electrons. The van der Waals surface area contributed by atoms with Crippen LogP contribution < -0.4 is 5.32 Å². The summed E-state index contributed by atoms with van der Waals surface area (Å²) >= 11 is 5.99. The first-order valence-electron chi connectivity index (χ1n) is 6.03. The lowest BCUT2D eigenvalue weighted by molar-refractivity contribution is 0.588. The molecule has 3 heteroatoms. The van der Waals surface area contributed by atoms with Crippen LogP contribution in [0.25, 0.3) is 0 Å². The molecule has 2 aromatic rings. The van der Waals surface area contributed by atoms with Gasteiger partial charge in [0.05, 0.1) is 0 Å². The third-order valence-electron chi connectivity index (χ3n) is 3.12. The average molecular weight is 261 g/mol. The quantitative estimate of drug-likeness (QED) is 0.910. The van der Waals surface area contributed by atoms with E-state index in [0.29, 0.717) is 0 Å². The van der Waals surface area contributed by atoms with E-state index in [2.05, 4.69) is 29.4 Å². The molecule has 0 saturated heterocycles. The number of likely N-dealkylation sites (N-methyl/N-ethyl adjacent to an activating group) is 1. The fraction of sp³-hybridized carbons (Fsp3) is 0.267. The van der Waals surface area contributed by atoms with E-state index in [4.69, 9.17) is 11.6 Å². The Kier molecular flexibility index (Phi) is 4.34. The number of hydrogen-bond donors (Lipinski definition) is 1. The van der Waals surface area contributed by atoms with Gasteiger partial charge in [-0.15, -0.1) is 0 Å². The van der Waals surface area contributed by atoms with Gasteiger partial charge >= 0.3 is 0 Å². The molecule has 18 heavy (non-hydrogen) atoms. The molecule has 0 bridgehead atoms. The first-order chi connectivity index (χ1) is 8.70. The minimum absolute atomic E-state index is 0.284. The van der Waals surface area contributed by atoms with Crippen LogP contribution in [0.1, 0.15) is 22.7 Å². The summed E-state index contributed by atoms with van der Waals surface area (Å²) in [6.07, 6.45) is 4.63. The van der Waals surface area contributed by atoms with E-state index in [-0.39, 0.29) is 6.04 Å². The van der Waals surface area contributed by atoms with Crippen molar-refractivity contribution >= 4 is 11.6 Å². The van der Waals surface area contributed by atoms with Crippen molar-refractivity contribution in [1.82, 2.24) is 10.3 Å². The average Bonchev–Trinajstić information content (AvgIpc) is 2.38. The molecule has 1 atom stereocenters. The van der Waals surface area contributed by atoms with E-state index < -0.39 is 0 Å². The zero-order valence-electron chi connectivity index (χ0n) is 10.7. The van der Waals surface area contributed by atoms with Gasteiger partial charge in [0.25, 0.3) is 0 Å². The molecule has 2 rings (SSSR count). The number of aryl methyl sites for hydroxylation is 1. The fourth-order valence-electron chi connectivity index (χ4n) is 2.15. The summed E-state index contributed by atoms with van der Waals surface area (Å²) in [6, 6.07) is 10.4. The summed E-state index contributed by atoms with van der Waals surface area (Å²) < 4.78 is 0. The summed E-state index contributed by atoms with van der Waals surface area (Å²) in [6.45, 7) is 2.09. The highest BCUT2D eigenvalue weighted by molar-refractivity contribution is 6.30. The summed E-state index contributed by atoms with van der Waals surface area (Å²) in [7, 11) is 1.98. The van der Waals surface area contributed by atoms with Gasteiger partial charge in [0.15, 0.2) is 0 Å². The minimum Gasteiger partial charge on any atom is -0.313 e. The number of pyridine rings is 1. The monoisotopic (exact) mass is 260 g/mol. The second kappa shape index (κ2) is 5.98. The maximum absolute atomic E-state index is 5.99. The Balaban J connectivity index is 2.23. The molecule has 0 saturated carbocycles. The van der Waals surface area contributed by atoms with Crippen LogP contribution >= 0.6 is 11.6 Å². The predicted molar refractivity (Wildman–Crippen MR) is 75.9 cm³/mol. The predicted octanol–water partition coefficient (Wildman–Crippen LogP) is 3.55. The molecule has 0 amide bonds. The molecule has 0 aliphatic rings. The van der Waals surface area contributed by atoms with Gasteiger partial charge in [-0.2, -0.15) is 0 Å². The number of nitrogens with zero attached hydrogens (tertiary/aromatic N) is 1. The highest BCUT2D eigenvalue weighted by Crippen LogP contribution is 2.23. The van der Waals surface area contributed by atoms with Crippen LogP contribution in [0, 0.1) is 6.92 Å². The maximum atomic E-state index is 5.99. The van der Waals surface area contributed by atoms with Gasteiger partial charge in [-0.1, -0.05) is 23.7 Å². The van der Waals surface area contributed by atoms with Gasteiger partial charge in [-0.25, -0.2) is 0 Å². The Labute approximate surface area is 113 Å². The van der Waals surface area contributed by atoms with Gasteiger partial charge in [-0.3, -0.25) is 4.98 Å². The minimum atomic E-state index is 0.284. The molecule has 1 aromatic carbocycles. The van der Waals surface area contributed by atoms with Crippen molar-refractivity contribution < 1.29 is 0 Å². The van der Waals surface area contributed by atoms with Crippen molar-refractivity contribution in [3.63, 3.8) is 0 Å². The molecule has 1 aromatic heterocycles. The number of hydrogen-bond acceptors (Lipinski definition) is 2. The molecular weight excluding hydrogens is 244 g/mol. The molecular formula is C15H17ClN2. The van der Waals surface area contributed by atoms with E-state index >= 15 is 0 Å². The Bertz CT molecular complexity index is 511. The van der Waals surface area contributed by atoms with Gasteiger partial charge in [0, 0.05) is 23.5 Å². The molecule has 0 fully saturated rings. The van der Waals surface area contributed by atoms with Gasteiger partial charge in [-0.05, 0) is 55.3 Å². The standard InChI is InChI=1S/C15H17ClN2/c1-11-8-13(16)5-6-14(11)15(17-2)9-12-4-3-7-18-10-12/h3-8,10,15,17H,9H2,1-2H3. The zero-order chi connectivity index (χ0) is 13.0. The number of halogens is 1. The number of aromatic nitrogens is 1.